The number of aliphatic imine (C=N–C) groups is 1. The molecule has 0 bridgehead atoms. The Morgan fingerprint density at radius 2 is 1.32 bits per heavy atom. The Hall–Kier alpha value is -3.50. The molecule has 8 nitrogen and oxygen atoms in total. The van der Waals surface area contributed by atoms with Crippen molar-refractivity contribution in [2.75, 3.05) is 5.32 Å². The van der Waals surface area contributed by atoms with E-state index in [9.17, 15) is 33.4 Å². The van der Waals surface area contributed by atoms with E-state index in [0.717, 1.165) is 48.5 Å². The molecule has 0 aliphatic rings. The first-order valence-corrected chi connectivity index (χ1v) is 6.58. The summed E-state index contributed by atoms with van der Waals surface area (Å²) in [4.78, 5) is 23.1. The zero-order valence-electron chi connectivity index (χ0n) is 12.2. The minimum Gasteiger partial charge on any atom is -0.336 e. The molecular weight excluding hydrogens is 345 g/mol. The maximum atomic E-state index is 13.1. The summed E-state index contributed by atoms with van der Waals surface area (Å²) in [7, 11) is 0. The maximum Gasteiger partial charge on any atom is 0.449 e. The number of anilines is 1. The molecule has 2 rings (SSSR count). The first-order valence-electron chi connectivity index (χ1n) is 6.58. The summed E-state index contributed by atoms with van der Waals surface area (Å²) in [5, 5.41) is 23.1. The highest BCUT2D eigenvalue weighted by Crippen LogP contribution is 2.25. The second kappa shape index (κ2) is 6.95. The fourth-order valence-corrected chi connectivity index (χ4v) is 1.74. The molecule has 0 aromatic heterocycles. The van der Waals surface area contributed by atoms with Gasteiger partial charge in [-0.2, -0.15) is 13.2 Å². The molecule has 0 heterocycles. The van der Waals surface area contributed by atoms with Gasteiger partial charge < -0.3 is 5.32 Å². The van der Waals surface area contributed by atoms with Crippen LogP contribution in [0.1, 0.15) is 0 Å². The molecule has 0 radical (unpaired) electrons. The van der Waals surface area contributed by atoms with Crippen LogP contribution in [0, 0.1) is 20.2 Å². The van der Waals surface area contributed by atoms with Gasteiger partial charge in [0.05, 0.1) is 15.5 Å². The fraction of sp³-hybridized carbons (Fsp3) is 0.0714. The van der Waals surface area contributed by atoms with Crippen molar-refractivity contribution in [2.24, 2.45) is 4.99 Å². The molecule has 25 heavy (non-hydrogen) atoms. The molecule has 0 aliphatic heterocycles. The van der Waals surface area contributed by atoms with E-state index >= 15 is 0 Å². The van der Waals surface area contributed by atoms with Crippen molar-refractivity contribution in [1.29, 1.82) is 0 Å². The van der Waals surface area contributed by atoms with Crippen LogP contribution >= 0.6 is 0 Å². The van der Waals surface area contributed by atoms with Crippen LogP contribution in [0.15, 0.2) is 53.5 Å². The van der Waals surface area contributed by atoms with Crippen LogP contribution in [0.5, 0.6) is 0 Å². The molecule has 2 aromatic carbocycles. The molecule has 0 amide bonds. The van der Waals surface area contributed by atoms with E-state index in [0.29, 0.717) is 0 Å². The average molecular weight is 354 g/mol. The molecule has 0 saturated carbocycles. The van der Waals surface area contributed by atoms with Crippen molar-refractivity contribution >= 4 is 28.6 Å². The maximum absolute atomic E-state index is 13.1. The van der Waals surface area contributed by atoms with Gasteiger partial charge in [0.15, 0.2) is 0 Å². The van der Waals surface area contributed by atoms with Crippen molar-refractivity contribution < 1.29 is 23.0 Å². The number of nitrogens with one attached hydrogen (secondary N) is 1. The SMILES string of the molecule is O=[N+]([O-])c1ccc(N=C(Nc2ccc([N+](=O)[O-])cc2)C(F)(F)F)cc1. The number of hydrogen-bond donors (Lipinski definition) is 1. The molecule has 0 unspecified atom stereocenters. The van der Waals surface area contributed by atoms with Crippen molar-refractivity contribution in [1.82, 2.24) is 0 Å². The molecule has 0 spiro atoms. The van der Waals surface area contributed by atoms with Crippen molar-refractivity contribution in [2.45, 2.75) is 6.18 Å². The van der Waals surface area contributed by atoms with Gasteiger partial charge >= 0.3 is 6.18 Å². The average Bonchev–Trinajstić information content (AvgIpc) is 2.54. The van der Waals surface area contributed by atoms with E-state index in [2.05, 4.69) is 4.99 Å². The Kier molecular flexibility index (Phi) is 4.96. The van der Waals surface area contributed by atoms with Gasteiger partial charge in [0.1, 0.15) is 0 Å². The minimum absolute atomic E-state index is 0.0522. The topological polar surface area (TPSA) is 111 Å². The van der Waals surface area contributed by atoms with Crippen LogP contribution in [0.2, 0.25) is 0 Å². The Labute approximate surface area is 137 Å². The number of nitro groups is 2. The normalized spacial score (nSPS) is 11.9. The van der Waals surface area contributed by atoms with Crippen LogP contribution in [0.3, 0.4) is 0 Å². The number of halogens is 3. The van der Waals surface area contributed by atoms with Gasteiger partial charge in [-0.05, 0) is 24.3 Å². The molecular formula is C14H9F3N4O4. The summed E-state index contributed by atoms with van der Waals surface area (Å²) >= 11 is 0. The molecule has 0 fully saturated rings. The molecule has 2 aromatic rings. The van der Waals surface area contributed by atoms with E-state index in [1.165, 1.54) is 0 Å². The number of rotatable bonds is 4. The molecule has 0 atom stereocenters. The lowest BCUT2D eigenvalue weighted by Gasteiger charge is -2.13. The lowest BCUT2D eigenvalue weighted by atomic mass is 10.2. The van der Waals surface area contributed by atoms with Crippen LogP contribution in [-0.2, 0) is 0 Å². The zero-order valence-corrected chi connectivity index (χ0v) is 12.2. The van der Waals surface area contributed by atoms with Crippen molar-refractivity contribution in [3.63, 3.8) is 0 Å². The van der Waals surface area contributed by atoms with E-state index < -0.39 is 21.9 Å². The standard InChI is InChI=1S/C14H9F3N4O4/c15-14(16,17)13(18-9-1-5-11(6-2-9)20(22)23)19-10-3-7-12(8-4-10)21(24)25/h1-8H,(H,18,19). The van der Waals surface area contributed by atoms with Crippen LogP contribution in [0.25, 0.3) is 0 Å². The van der Waals surface area contributed by atoms with E-state index in [4.69, 9.17) is 0 Å². The molecule has 11 heteroatoms. The van der Waals surface area contributed by atoms with Gasteiger partial charge in [0, 0.05) is 30.0 Å². The van der Waals surface area contributed by atoms with E-state index in [1.54, 1.807) is 0 Å². The first kappa shape index (κ1) is 17.8. The highest BCUT2D eigenvalue weighted by Gasteiger charge is 2.36. The predicted octanol–water partition coefficient (Wildman–Crippen LogP) is 4.21. The predicted molar refractivity (Wildman–Crippen MR) is 83.0 cm³/mol. The van der Waals surface area contributed by atoms with Crippen LogP contribution < -0.4 is 5.32 Å². The summed E-state index contributed by atoms with van der Waals surface area (Å²) in [6, 6.07) is 8.50. The summed E-state index contributed by atoms with van der Waals surface area (Å²) < 4.78 is 39.3. The summed E-state index contributed by atoms with van der Waals surface area (Å²) in [6.07, 6.45) is -4.83. The molecule has 1 N–H and O–H groups in total. The number of alkyl halides is 3. The number of hydrogen-bond acceptors (Lipinski definition) is 5. The van der Waals surface area contributed by atoms with Crippen molar-refractivity contribution in [3.8, 4) is 0 Å². The minimum atomic E-state index is -4.83. The zero-order chi connectivity index (χ0) is 18.6. The second-order valence-electron chi connectivity index (χ2n) is 4.66. The van der Waals surface area contributed by atoms with E-state index in [-0.39, 0.29) is 22.7 Å². The first-order chi connectivity index (χ1) is 11.7. The third-order valence-electron chi connectivity index (χ3n) is 2.91. The monoisotopic (exact) mass is 354 g/mol. The van der Waals surface area contributed by atoms with Crippen LogP contribution in [0.4, 0.5) is 35.9 Å². The van der Waals surface area contributed by atoms with Gasteiger partial charge in [0.25, 0.3) is 11.4 Å². The Balaban J connectivity index is 2.29. The Morgan fingerprint density at radius 3 is 1.72 bits per heavy atom. The van der Waals surface area contributed by atoms with Gasteiger partial charge in [0.2, 0.25) is 5.84 Å². The Morgan fingerprint density at radius 1 is 0.880 bits per heavy atom. The van der Waals surface area contributed by atoms with Gasteiger partial charge in [-0.3, -0.25) is 20.2 Å². The molecule has 0 saturated heterocycles. The number of benzene rings is 2. The lowest BCUT2D eigenvalue weighted by molar-refractivity contribution is -0.385. The van der Waals surface area contributed by atoms with Gasteiger partial charge in [-0.15, -0.1) is 0 Å². The Bertz CT molecular complexity index is 817. The van der Waals surface area contributed by atoms with Gasteiger partial charge in [-0.25, -0.2) is 4.99 Å². The number of nitro benzene ring substituents is 2. The lowest BCUT2D eigenvalue weighted by Crippen LogP contribution is -2.30. The third kappa shape index (κ3) is 4.73. The second-order valence-corrected chi connectivity index (χ2v) is 4.66. The summed E-state index contributed by atoms with van der Waals surface area (Å²) in [5.74, 6) is -1.37. The quantitative estimate of drug-likeness (QED) is 0.383. The highest BCUT2D eigenvalue weighted by atomic mass is 19.4. The van der Waals surface area contributed by atoms with E-state index in [1.807, 2.05) is 5.32 Å². The third-order valence-corrected chi connectivity index (χ3v) is 2.91. The number of amidine groups is 1. The number of non-ortho nitro benzene ring substituents is 2. The smallest absolute Gasteiger partial charge is 0.336 e. The summed E-state index contributed by atoms with van der Waals surface area (Å²) in [5.41, 5.74) is -0.752. The fourth-order valence-electron chi connectivity index (χ4n) is 1.74. The molecule has 0 aliphatic carbocycles. The van der Waals surface area contributed by atoms with Crippen LogP contribution in [-0.4, -0.2) is 21.9 Å². The highest BCUT2D eigenvalue weighted by molar-refractivity contribution is 6.01. The van der Waals surface area contributed by atoms with Crippen molar-refractivity contribution in [3.05, 3.63) is 68.8 Å². The largest absolute Gasteiger partial charge is 0.449 e. The van der Waals surface area contributed by atoms with Gasteiger partial charge in [-0.1, -0.05) is 0 Å². The number of nitrogens with zero attached hydrogens (tertiary/aromatic N) is 3. The summed E-state index contributed by atoms with van der Waals surface area (Å²) in [6.45, 7) is 0. The molecule has 130 valence electrons.